The molecule has 0 radical (unpaired) electrons. The van der Waals surface area contributed by atoms with Gasteiger partial charge in [0.05, 0.1) is 18.9 Å². The number of methoxy groups -OCH3 is 1. The van der Waals surface area contributed by atoms with Crippen LogP contribution in [0, 0.1) is 0 Å². The Kier molecular flexibility index (Phi) is 4.90. The lowest BCUT2D eigenvalue weighted by molar-refractivity contribution is 0.0853. The zero-order chi connectivity index (χ0) is 16.9. The standard InChI is InChI=1S/C17H19N3O4/c1-23-12-6-4-11(5-7-12)14-9-15(20-17(22)19-14)16(21)18-10-13-3-2-8-24-13/h4-7,9,13H,2-3,8,10H2,1H3,(H,18,21)(H,19,20,22). The van der Waals surface area contributed by atoms with Gasteiger partial charge in [0, 0.05) is 18.7 Å². The number of nitrogens with one attached hydrogen (secondary N) is 2. The van der Waals surface area contributed by atoms with Gasteiger partial charge in [-0.25, -0.2) is 4.79 Å². The zero-order valence-electron chi connectivity index (χ0n) is 13.4. The second-order valence-corrected chi connectivity index (χ2v) is 5.56. The smallest absolute Gasteiger partial charge is 0.346 e. The Morgan fingerprint density at radius 1 is 1.42 bits per heavy atom. The van der Waals surface area contributed by atoms with E-state index in [1.165, 1.54) is 0 Å². The van der Waals surface area contributed by atoms with E-state index in [0.29, 0.717) is 18.0 Å². The van der Waals surface area contributed by atoms with Crippen molar-refractivity contribution in [2.45, 2.75) is 18.9 Å². The van der Waals surface area contributed by atoms with E-state index in [1.807, 2.05) is 0 Å². The minimum absolute atomic E-state index is 0.0450. The molecule has 1 aliphatic rings. The summed E-state index contributed by atoms with van der Waals surface area (Å²) in [6.45, 7) is 1.16. The van der Waals surface area contributed by atoms with Gasteiger partial charge in [-0.15, -0.1) is 0 Å². The van der Waals surface area contributed by atoms with E-state index >= 15 is 0 Å². The quantitative estimate of drug-likeness (QED) is 0.864. The lowest BCUT2D eigenvalue weighted by Gasteiger charge is -2.11. The molecule has 0 saturated carbocycles. The summed E-state index contributed by atoms with van der Waals surface area (Å²) in [5, 5.41) is 2.78. The maximum atomic E-state index is 12.3. The fourth-order valence-electron chi connectivity index (χ4n) is 2.60. The van der Waals surface area contributed by atoms with Crippen LogP contribution in [-0.2, 0) is 4.74 Å². The van der Waals surface area contributed by atoms with E-state index in [-0.39, 0.29) is 17.7 Å². The number of carbonyl (C=O) groups is 1. The van der Waals surface area contributed by atoms with Gasteiger partial charge in [-0.1, -0.05) is 0 Å². The number of aromatic amines is 1. The summed E-state index contributed by atoms with van der Waals surface area (Å²) in [7, 11) is 1.58. The molecule has 3 rings (SSSR count). The monoisotopic (exact) mass is 329 g/mol. The highest BCUT2D eigenvalue weighted by molar-refractivity contribution is 5.93. The molecule has 24 heavy (non-hydrogen) atoms. The summed E-state index contributed by atoms with van der Waals surface area (Å²) in [6, 6.07) is 8.68. The fourth-order valence-corrected chi connectivity index (χ4v) is 2.60. The topological polar surface area (TPSA) is 93.3 Å². The van der Waals surface area contributed by atoms with Gasteiger partial charge in [0.2, 0.25) is 0 Å². The van der Waals surface area contributed by atoms with E-state index in [2.05, 4.69) is 15.3 Å². The third-order valence-corrected chi connectivity index (χ3v) is 3.89. The SMILES string of the molecule is COc1ccc(-c2cc(C(=O)NCC3CCCO3)[nH]c(=O)n2)cc1. The molecule has 1 unspecified atom stereocenters. The van der Waals surface area contributed by atoms with Crippen LogP contribution in [0.3, 0.4) is 0 Å². The van der Waals surface area contributed by atoms with Gasteiger partial charge in [-0.3, -0.25) is 4.79 Å². The predicted molar refractivity (Wildman–Crippen MR) is 88.2 cm³/mol. The number of nitrogens with zero attached hydrogens (tertiary/aromatic N) is 1. The molecule has 1 atom stereocenters. The molecule has 7 heteroatoms. The Morgan fingerprint density at radius 2 is 2.21 bits per heavy atom. The van der Waals surface area contributed by atoms with Crippen molar-refractivity contribution in [3.8, 4) is 17.0 Å². The van der Waals surface area contributed by atoms with Crippen LogP contribution in [0.1, 0.15) is 23.3 Å². The summed E-state index contributed by atoms with van der Waals surface area (Å²) in [4.78, 5) is 30.4. The highest BCUT2D eigenvalue weighted by Gasteiger charge is 2.17. The molecule has 2 heterocycles. The van der Waals surface area contributed by atoms with Gasteiger partial charge in [-0.2, -0.15) is 4.98 Å². The molecule has 1 fully saturated rings. The molecular weight excluding hydrogens is 310 g/mol. The molecule has 2 N–H and O–H groups in total. The second kappa shape index (κ2) is 7.27. The predicted octanol–water partition coefficient (Wildman–Crippen LogP) is 1.35. The molecule has 0 bridgehead atoms. The Balaban J connectivity index is 1.77. The Labute approximate surface area is 139 Å². The molecule has 1 aromatic heterocycles. The molecule has 0 spiro atoms. The van der Waals surface area contributed by atoms with Gasteiger partial charge >= 0.3 is 5.69 Å². The van der Waals surface area contributed by atoms with E-state index in [9.17, 15) is 9.59 Å². The Hall–Kier alpha value is -2.67. The van der Waals surface area contributed by atoms with Crippen molar-refractivity contribution >= 4 is 5.91 Å². The van der Waals surface area contributed by atoms with E-state index in [1.54, 1.807) is 37.4 Å². The number of aromatic nitrogens is 2. The number of benzene rings is 1. The molecule has 1 amide bonds. The molecule has 0 aliphatic carbocycles. The van der Waals surface area contributed by atoms with Gasteiger partial charge in [-0.05, 0) is 43.2 Å². The van der Waals surface area contributed by atoms with Crippen molar-refractivity contribution in [1.29, 1.82) is 0 Å². The van der Waals surface area contributed by atoms with Crippen molar-refractivity contribution in [3.63, 3.8) is 0 Å². The first-order valence-corrected chi connectivity index (χ1v) is 7.81. The van der Waals surface area contributed by atoms with Gasteiger partial charge in [0.1, 0.15) is 11.4 Å². The van der Waals surface area contributed by atoms with Crippen LogP contribution in [0.4, 0.5) is 0 Å². The van der Waals surface area contributed by atoms with Crippen LogP contribution in [0.15, 0.2) is 35.1 Å². The van der Waals surface area contributed by atoms with Crippen LogP contribution < -0.4 is 15.7 Å². The Bertz CT molecular complexity index is 764. The second-order valence-electron chi connectivity index (χ2n) is 5.56. The third-order valence-electron chi connectivity index (χ3n) is 3.89. The highest BCUT2D eigenvalue weighted by Crippen LogP contribution is 2.20. The number of ether oxygens (including phenoxy) is 2. The highest BCUT2D eigenvalue weighted by atomic mass is 16.5. The molecule has 1 aromatic carbocycles. The van der Waals surface area contributed by atoms with Crippen molar-refractivity contribution in [2.24, 2.45) is 0 Å². The third kappa shape index (κ3) is 3.80. The Morgan fingerprint density at radius 3 is 2.88 bits per heavy atom. The molecule has 1 saturated heterocycles. The maximum absolute atomic E-state index is 12.3. The maximum Gasteiger partial charge on any atom is 0.346 e. The van der Waals surface area contributed by atoms with E-state index in [4.69, 9.17) is 9.47 Å². The van der Waals surface area contributed by atoms with Crippen LogP contribution in [-0.4, -0.2) is 42.2 Å². The number of rotatable bonds is 5. The van der Waals surface area contributed by atoms with Crippen LogP contribution >= 0.6 is 0 Å². The van der Waals surface area contributed by atoms with Gasteiger partial charge < -0.3 is 19.8 Å². The summed E-state index contributed by atoms with van der Waals surface area (Å²) < 4.78 is 10.6. The molecule has 126 valence electrons. The van der Waals surface area contributed by atoms with E-state index < -0.39 is 5.69 Å². The normalized spacial score (nSPS) is 16.8. The number of amides is 1. The van der Waals surface area contributed by atoms with Crippen LogP contribution in [0.25, 0.3) is 11.3 Å². The fraction of sp³-hybridized carbons (Fsp3) is 0.353. The first-order valence-electron chi connectivity index (χ1n) is 7.81. The molecule has 7 nitrogen and oxygen atoms in total. The lowest BCUT2D eigenvalue weighted by atomic mass is 10.1. The lowest BCUT2D eigenvalue weighted by Crippen LogP contribution is -2.33. The first-order chi connectivity index (χ1) is 11.7. The van der Waals surface area contributed by atoms with Crippen molar-refractivity contribution < 1.29 is 14.3 Å². The first kappa shape index (κ1) is 16.2. The summed E-state index contributed by atoms with van der Waals surface area (Å²) in [5.41, 5.74) is 0.781. The van der Waals surface area contributed by atoms with Gasteiger partial charge in [0.15, 0.2) is 0 Å². The van der Waals surface area contributed by atoms with Crippen LogP contribution in [0.2, 0.25) is 0 Å². The number of hydrogen-bond donors (Lipinski definition) is 2. The summed E-state index contributed by atoms with van der Waals surface area (Å²) in [5.74, 6) is 0.359. The zero-order valence-corrected chi connectivity index (χ0v) is 13.4. The average molecular weight is 329 g/mol. The minimum Gasteiger partial charge on any atom is -0.497 e. The summed E-state index contributed by atoms with van der Waals surface area (Å²) >= 11 is 0. The number of carbonyl (C=O) groups excluding carboxylic acids is 1. The molecular formula is C17H19N3O4. The molecule has 1 aliphatic heterocycles. The van der Waals surface area contributed by atoms with Crippen LogP contribution in [0.5, 0.6) is 5.75 Å². The molecule has 2 aromatic rings. The minimum atomic E-state index is -0.564. The largest absolute Gasteiger partial charge is 0.497 e. The van der Waals surface area contributed by atoms with Crippen molar-refractivity contribution in [3.05, 3.63) is 46.5 Å². The average Bonchev–Trinajstić information content (AvgIpc) is 3.12. The number of hydrogen-bond acceptors (Lipinski definition) is 5. The summed E-state index contributed by atoms with van der Waals surface area (Å²) in [6.07, 6.45) is 1.99. The van der Waals surface area contributed by atoms with E-state index in [0.717, 1.165) is 25.0 Å². The van der Waals surface area contributed by atoms with Gasteiger partial charge in [0.25, 0.3) is 5.91 Å². The van der Waals surface area contributed by atoms with Crippen molar-refractivity contribution in [2.75, 3.05) is 20.3 Å². The number of H-pyrrole nitrogens is 1. The van der Waals surface area contributed by atoms with Crippen molar-refractivity contribution in [1.82, 2.24) is 15.3 Å².